The van der Waals surface area contributed by atoms with Crippen molar-refractivity contribution in [1.29, 1.82) is 0 Å². The summed E-state index contributed by atoms with van der Waals surface area (Å²) in [4.78, 5) is 4.68. The van der Waals surface area contributed by atoms with Crippen molar-refractivity contribution in [3.63, 3.8) is 0 Å². The monoisotopic (exact) mass is 267 g/mol. The Kier molecular flexibility index (Phi) is 3.47. The molecule has 0 fully saturated rings. The van der Waals surface area contributed by atoms with Crippen molar-refractivity contribution in [1.82, 2.24) is 4.98 Å². The van der Waals surface area contributed by atoms with Gasteiger partial charge in [-0.15, -0.1) is 0 Å². The van der Waals surface area contributed by atoms with E-state index >= 15 is 0 Å². The average molecular weight is 268 g/mol. The lowest BCUT2D eigenvalue weighted by atomic mass is 10.1. The van der Waals surface area contributed by atoms with Gasteiger partial charge in [0.1, 0.15) is 0 Å². The van der Waals surface area contributed by atoms with E-state index in [1.54, 1.807) is 0 Å². The third-order valence-electron chi connectivity index (χ3n) is 3.24. The zero-order chi connectivity index (χ0) is 13.1. The first kappa shape index (κ1) is 12.2. The van der Waals surface area contributed by atoms with Crippen molar-refractivity contribution in [3.05, 3.63) is 76.9 Å². The second kappa shape index (κ2) is 5.41. The van der Waals surface area contributed by atoms with E-state index in [1.807, 2.05) is 24.3 Å². The molecule has 1 heterocycles. The molecule has 0 spiro atoms. The number of aryl methyl sites for hydroxylation is 2. The predicted molar refractivity (Wildman–Crippen MR) is 80.6 cm³/mol. The number of aromatic nitrogens is 1. The highest BCUT2D eigenvalue weighted by Gasteiger charge is 1.99. The molecule has 1 aromatic heterocycles. The predicted octanol–water partition coefficient (Wildman–Crippen LogP) is 4.67. The number of hydrogen-bond donors (Lipinski definition) is 0. The summed E-state index contributed by atoms with van der Waals surface area (Å²) in [5.41, 5.74) is 3.49. The zero-order valence-corrected chi connectivity index (χ0v) is 11.3. The Labute approximate surface area is 117 Å². The number of benzene rings is 2. The summed E-state index contributed by atoms with van der Waals surface area (Å²) >= 11 is 5.88. The summed E-state index contributed by atoms with van der Waals surface area (Å²) in [6, 6.07) is 20.5. The largest absolute Gasteiger partial charge is 0.253 e. The van der Waals surface area contributed by atoms with E-state index in [0.29, 0.717) is 0 Å². The molecule has 1 nitrogen and oxygen atoms in total. The number of hydrogen-bond acceptors (Lipinski definition) is 1. The van der Waals surface area contributed by atoms with Crippen LogP contribution in [0, 0.1) is 0 Å². The molecule has 0 aliphatic carbocycles. The number of halogens is 1. The van der Waals surface area contributed by atoms with Crippen LogP contribution < -0.4 is 0 Å². The smallest absolute Gasteiger partial charge is 0.0705 e. The molecule has 94 valence electrons. The number of rotatable bonds is 3. The third kappa shape index (κ3) is 2.94. The van der Waals surface area contributed by atoms with Gasteiger partial charge in [-0.3, -0.25) is 4.98 Å². The second-order valence-electron chi connectivity index (χ2n) is 4.62. The molecule has 0 saturated carbocycles. The maximum Gasteiger partial charge on any atom is 0.0705 e. The van der Waals surface area contributed by atoms with Gasteiger partial charge in [-0.25, -0.2) is 0 Å². The van der Waals surface area contributed by atoms with Crippen LogP contribution in [-0.2, 0) is 12.8 Å². The molecule has 0 N–H and O–H groups in total. The summed E-state index contributed by atoms with van der Waals surface area (Å²) < 4.78 is 0. The van der Waals surface area contributed by atoms with E-state index in [1.165, 1.54) is 10.9 Å². The Morgan fingerprint density at radius 1 is 0.789 bits per heavy atom. The summed E-state index contributed by atoms with van der Waals surface area (Å²) in [5, 5.41) is 1.98. The van der Waals surface area contributed by atoms with Crippen molar-refractivity contribution < 1.29 is 0 Å². The Bertz CT molecular complexity index is 689. The van der Waals surface area contributed by atoms with Crippen LogP contribution in [0.3, 0.4) is 0 Å². The average Bonchev–Trinajstić information content (AvgIpc) is 2.46. The summed E-state index contributed by atoms with van der Waals surface area (Å²) in [7, 11) is 0. The standard InChI is InChI=1S/C17H14ClN/c18-15-9-5-13(6-10-15)7-11-16-12-8-14-3-1-2-4-17(14)19-16/h1-6,8-10,12H,7,11H2. The van der Waals surface area contributed by atoms with Gasteiger partial charge >= 0.3 is 0 Å². The molecule has 0 radical (unpaired) electrons. The molecule has 19 heavy (non-hydrogen) atoms. The summed E-state index contributed by atoms with van der Waals surface area (Å²) in [6.07, 6.45) is 1.94. The summed E-state index contributed by atoms with van der Waals surface area (Å²) in [5.74, 6) is 0. The van der Waals surface area contributed by atoms with Crippen molar-refractivity contribution in [3.8, 4) is 0 Å². The number of para-hydroxylation sites is 1. The fourth-order valence-electron chi connectivity index (χ4n) is 2.17. The Balaban J connectivity index is 1.76. The van der Waals surface area contributed by atoms with E-state index in [4.69, 9.17) is 11.6 Å². The second-order valence-corrected chi connectivity index (χ2v) is 5.06. The number of pyridine rings is 1. The molecule has 0 saturated heterocycles. The van der Waals surface area contributed by atoms with E-state index < -0.39 is 0 Å². The molecular weight excluding hydrogens is 254 g/mol. The highest BCUT2D eigenvalue weighted by Crippen LogP contribution is 2.14. The molecule has 0 amide bonds. The molecular formula is C17H14ClN. The Morgan fingerprint density at radius 2 is 1.58 bits per heavy atom. The van der Waals surface area contributed by atoms with Gasteiger partial charge in [0, 0.05) is 16.1 Å². The molecule has 0 atom stereocenters. The molecule has 3 aromatic rings. The lowest BCUT2D eigenvalue weighted by molar-refractivity contribution is 0.923. The maximum atomic E-state index is 5.88. The molecule has 0 aliphatic heterocycles. The molecule has 2 heteroatoms. The SMILES string of the molecule is Clc1ccc(CCc2ccc3ccccc3n2)cc1. The van der Waals surface area contributed by atoms with Gasteiger partial charge in [0.2, 0.25) is 0 Å². The van der Waals surface area contributed by atoms with E-state index in [9.17, 15) is 0 Å². The first-order chi connectivity index (χ1) is 9.31. The van der Waals surface area contributed by atoms with E-state index in [2.05, 4.69) is 41.4 Å². The van der Waals surface area contributed by atoms with Crippen molar-refractivity contribution in [2.24, 2.45) is 0 Å². The first-order valence-electron chi connectivity index (χ1n) is 6.40. The summed E-state index contributed by atoms with van der Waals surface area (Å²) in [6.45, 7) is 0. The molecule has 2 aromatic carbocycles. The minimum Gasteiger partial charge on any atom is -0.253 e. The fourth-order valence-corrected chi connectivity index (χ4v) is 2.30. The highest BCUT2D eigenvalue weighted by atomic mass is 35.5. The van der Waals surface area contributed by atoms with Crippen molar-refractivity contribution in [2.75, 3.05) is 0 Å². The topological polar surface area (TPSA) is 12.9 Å². The van der Waals surface area contributed by atoms with Crippen LogP contribution in [0.15, 0.2) is 60.7 Å². The van der Waals surface area contributed by atoms with Gasteiger partial charge in [-0.2, -0.15) is 0 Å². The van der Waals surface area contributed by atoms with Crippen LogP contribution >= 0.6 is 11.6 Å². The van der Waals surface area contributed by atoms with Crippen molar-refractivity contribution >= 4 is 22.5 Å². The minimum absolute atomic E-state index is 0.785. The van der Waals surface area contributed by atoms with Crippen LogP contribution in [0.5, 0.6) is 0 Å². The van der Waals surface area contributed by atoms with Gasteiger partial charge in [-0.1, -0.05) is 48.0 Å². The van der Waals surface area contributed by atoms with Gasteiger partial charge in [0.25, 0.3) is 0 Å². The normalized spacial score (nSPS) is 10.8. The third-order valence-corrected chi connectivity index (χ3v) is 3.49. The lowest BCUT2D eigenvalue weighted by Crippen LogP contribution is -1.94. The zero-order valence-electron chi connectivity index (χ0n) is 10.5. The molecule has 3 rings (SSSR count). The molecule has 0 bridgehead atoms. The number of nitrogens with zero attached hydrogens (tertiary/aromatic N) is 1. The molecule has 0 aliphatic rings. The van der Waals surface area contributed by atoms with E-state index in [0.717, 1.165) is 29.1 Å². The van der Waals surface area contributed by atoms with Gasteiger partial charge in [0.05, 0.1) is 5.52 Å². The van der Waals surface area contributed by atoms with Gasteiger partial charge in [0.15, 0.2) is 0 Å². The van der Waals surface area contributed by atoms with Crippen LogP contribution in [-0.4, -0.2) is 4.98 Å². The molecule has 0 unspecified atom stereocenters. The van der Waals surface area contributed by atoms with Gasteiger partial charge in [-0.05, 0) is 42.7 Å². The first-order valence-corrected chi connectivity index (χ1v) is 6.78. The van der Waals surface area contributed by atoms with Crippen molar-refractivity contribution in [2.45, 2.75) is 12.8 Å². The van der Waals surface area contributed by atoms with Crippen LogP contribution in [0.4, 0.5) is 0 Å². The quantitative estimate of drug-likeness (QED) is 0.672. The Morgan fingerprint density at radius 3 is 2.42 bits per heavy atom. The Hall–Kier alpha value is -1.86. The maximum absolute atomic E-state index is 5.88. The fraction of sp³-hybridized carbons (Fsp3) is 0.118. The highest BCUT2D eigenvalue weighted by molar-refractivity contribution is 6.30. The van der Waals surface area contributed by atoms with E-state index in [-0.39, 0.29) is 0 Å². The lowest BCUT2D eigenvalue weighted by Gasteiger charge is -2.04. The van der Waals surface area contributed by atoms with Crippen LogP contribution in [0.2, 0.25) is 5.02 Å². The van der Waals surface area contributed by atoms with Crippen LogP contribution in [0.25, 0.3) is 10.9 Å². The minimum atomic E-state index is 0.785. The van der Waals surface area contributed by atoms with Gasteiger partial charge < -0.3 is 0 Å². The van der Waals surface area contributed by atoms with Crippen LogP contribution in [0.1, 0.15) is 11.3 Å². The number of fused-ring (bicyclic) bond motifs is 1.